The predicted molar refractivity (Wildman–Crippen MR) is 130 cm³/mol. The molecule has 0 bridgehead atoms. The Balaban J connectivity index is 1.53. The molecule has 1 amide bonds. The van der Waals surface area contributed by atoms with Gasteiger partial charge in [-0.2, -0.15) is 0 Å². The number of amides is 1. The number of halogens is 1. The van der Waals surface area contributed by atoms with Gasteiger partial charge in [0.05, 0.1) is 4.90 Å². The van der Waals surface area contributed by atoms with Gasteiger partial charge in [-0.25, -0.2) is 8.42 Å². The van der Waals surface area contributed by atoms with Crippen molar-refractivity contribution in [3.05, 3.63) is 58.2 Å². The van der Waals surface area contributed by atoms with Crippen molar-refractivity contribution in [2.45, 2.75) is 55.4 Å². The number of rotatable bonds is 4. The van der Waals surface area contributed by atoms with Crippen LogP contribution >= 0.6 is 11.6 Å². The summed E-state index contributed by atoms with van der Waals surface area (Å²) in [7, 11) is -3.97. The Kier molecular flexibility index (Phi) is 5.54. The highest BCUT2D eigenvalue weighted by molar-refractivity contribution is 7.91. The Morgan fingerprint density at radius 3 is 2.39 bits per heavy atom. The smallest absolute Gasteiger partial charge is 0.269 e. The topological polar surface area (TPSA) is 91.1 Å². The Morgan fingerprint density at radius 1 is 1.06 bits per heavy atom. The fourth-order valence-corrected chi connectivity index (χ4v) is 7.46. The molecule has 3 N–H and O–H groups in total. The number of hydrogen-bond acceptors (Lipinski definition) is 4. The first-order valence-electron chi connectivity index (χ1n) is 11.3. The molecule has 1 aliphatic carbocycles. The Morgan fingerprint density at radius 2 is 1.73 bits per heavy atom. The van der Waals surface area contributed by atoms with Gasteiger partial charge in [0.2, 0.25) is 9.84 Å². The molecule has 1 saturated heterocycles. The molecule has 5 rings (SSSR count). The van der Waals surface area contributed by atoms with Gasteiger partial charge < -0.3 is 15.6 Å². The van der Waals surface area contributed by atoms with E-state index in [1.165, 1.54) is 0 Å². The molecule has 3 aromatic rings. The van der Waals surface area contributed by atoms with Crippen molar-refractivity contribution in [1.82, 2.24) is 15.6 Å². The van der Waals surface area contributed by atoms with Gasteiger partial charge in [0, 0.05) is 22.0 Å². The molecule has 2 fully saturated rings. The van der Waals surface area contributed by atoms with E-state index in [2.05, 4.69) is 15.6 Å². The van der Waals surface area contributed by atoms with E-state index >= 15 is 0 Å². The van der Waals surface area contributed by atoms with Crippen LogP contribution in [0.15, 0.2) is 46.2 Å². The van der Waals surface area contributed by atoms with E-state index in [0.29, 0.717) is 21.3 Å². The molecule has 2 aromatic carbocycles. The summed E-state index contributed by atoms with van der Waals surface area (Å²) in [6.45, 7) is 5.75. The van der Waals surface area contributed by atoms with Gasteiger partial charge in [0.1, 0.15) is 10.6 Å². The summed E-state index contributed by atoms with van der Waals surface area (Å²) in [6, 6.07) is 10.3. The minimum absolute atomic E-state index is 0.0154. The minimum atomic E-state index is -3.97. The number of aromatic amines is 1. The first kappa shape index (κ1) is 22.4. The van der Waals surface area contributed by atoms with Gasteiger partial charge in [-0.1, -0.05) is 17.7 Å². The summed E-state index contributed by atoms with van der Waals surface area (Å²) in [5.74, 6) is -0.390. The van der Waals surface area contributed by atoms with Crippen LogP contribution in [0.5, 0.6) is 0 Å². The maximum Gasteiger partial charge on any atom is 0.269 e. The number of piperidine rings is 1. The highest BCUT2D eigenvalue weighted by Crippen LogP contribution is 2.48. The van der Waals surface area contributed by atoms with Gasteiger partial charge in [0.15, 0.2) is 0 Å². The lowest BCUT2D eigenvalue weighted by Crippen LogP contribution is -2.54. The molecule has 1 aromatic heterocycles. The Hall–Kier alpha value is -2.35. The van der Waals surface area contributed by atoms with E-state index in [-0.39, 0.29) is 27.4 Å². The first-order valence-corrected chi connectivity index (χ1v) is 13.2. The molecule has 8 heteroatoms. The number of hydrogen-bond donors (Lipinski definition) is 3. The third kappa shape index (κ3) is 4.07. The SMILES string of the molecule is Cc1cc(C)cc(S(=O)(=O)c2c(C(=O)NC3CC4(CCNCC4)C3)[nH]c3ccc(Cl)cc23)c1. The molecule has 1 saturated carbocycles. The predicted octanol–water partition coefficient (Wildman–Crippen LogP) is 4.53. The summed E-state index contributed by atoms with van der Waals surface area (Å²) in [4.78, 5) is 16.6. The fourth-order valence-electron chi connectivity index (χ4n) is 5.49. The Labute approximate surface area is 199 Å². The van der Waals surface area contributed by atoms with Crippen LogP contribution in [0, 0.1) is 19.3 Å². The maximum atomic E-state index is 13.8. The van der Waals surface area contributed by atoms with Gasteiger partial charge >= 0.3 is 0 Å². The molecule has 1 aliphatic heterocycles. The van der Waals surface area contributed by atoms with Gasteiger partial charge in [-0.3, -0.25) is 4.79 Å². The van der Waals surface area contributed by atoms with Crippen molar-refractivity contribution in [3.8, 4) is 0 Å². The lowest BCUT2D eigenvalue weighted by molar-refractivity contribution is 0.0421. The van der Waals surface area contributed by atoms with E-state index in [1.807, 2.05) is 19.9 Å². The summed E-state index contributed by atoms with van der Waals surface area (Å²) < 4.78 is 27.6. The molecule has 2 aliphatic rings. The van der Waals surface area contributed by atoms with Crippen molar-refractivity contribution in [1.29, 1.82) is 0 Å². The monoisotopic (exact) mass is 485 g/mol. The van der Waals surface area contributed by atoms with Crippen LogP contribution < -0.4 is 10.6 Å². The molecule has 1 spiro atoms. The zero-order valence-corrected chi connectivity index (χ0v) is 20.4. The van der Waals surface area contributed by atoms with Crippen LogP contribution in [-0.2, 0) is 9.84 Å². The fraction of sp³-hybridized carbons (Fsp3) is 0.400. The summed E-state index contributed by atoms with van der Waals surface area (Å²) in [6.07, 6.45) is 4.12. The van der Waals surface area contributed by atoms with Crippen LogP contribution in [0.25, 0.3) is 10.9 Å². The molecule has 33 heavy (non-hydrogen) atoms. The third-order valence-corrected chi connectivity index (χ3v) is 9.13. The first-order chi connectivity index (χ1) is 15.7. The second-order valence-electron chi connectivity index (χ2n) is 9.67. The molecule has 174 valence electrons. The summed E-state index contributed by atoms with van der Waals surface area (Å²) in [5, 5.41) is 7.31. The summed E-state index contributed by atoms with van der Waals surface area (Å²) in [5.41, 5.74) is 2.64. The largest absolute Gasteiger partial charge is 0.349 e. The van der Waals surface area contributed by atoms with Crippen LogP contribution in [0.1, 0.15) is 47.3 Å². The number of aryl methyl sites for hydroxylation is 2. The number of fused-ring (bicyclic) bond motifs is 1. The highest BCUT2D eigenvalue weighted by Gasteiger charge is 2.45. The average molecular weight is 486 g/mol. The van der Waals surface area contributed by atoms with Crippen molar-refractivity contribution in [2.24, 2.45) is 5.41 Å². The van der Waals surface area contributed by atoms with Gasteiger partial charge in [-0.05, 0) is 99.5 Å². The molecule has 0 atom stereocenters. The number of H-pyrrole nitrogens is 1. The van der Waals surface area contributed by atoms with Crippen LogP contribution in [0.2, 0.25) is 5.02 Å². The van der Waals surface area contributed by atoms with E-state index in [1.54, 1.807) is 30.3 Å². The zero-order valence-electron chi connectivity index (χ0n) is 18.8. The van der Waals surface area contributed by atoms with Gasteiger partial charge in [0.25, 0.3) is 5.91 Å². The highest BCUT2D eigenvalue weighted by atomic mass is 35.5. The number of sulfone groups is 1. The standard InChI is InChI=1S/C25H28ClN3O3S/c1-15-9-16(2)11-19(10-15)33(31,32)23-20-12-17(26)3-4-21(20)29-22(23)24(30)28-18-13-25(14-18)5-7-27-8-6-25/h3-4,9-12,18,27,29H,5-8,13-14H2,1-2H3,(H,28,30). The second kappa shape index (κ2) is 8.15. The molecular formula is C25H28ClN3O3S. The van der Waals surface area contributed by atoms with Crippen LogP contribution in [0.3, 0.4) is 0 Å². The van der Waals surface area contributed by atoms with E-state index in [4.69, 9.17) is 11.6 Å². The van der Waals surface area contributed by atoms with Crippen LogP contribution in [-0.4, -0.2) is 38.4 Å². The number of nitrogens with one attached hydrogen (secondary N) is 3. The quantitative estimate of drug-likeness (QED) is 0.506. The third-order valence-electron chi connectivity index (χ3n) is 7.07. The molecule has 0 unspecified atom stereocenters. The van der Waals surface area contributed by atoms with E-state index in [9.17, 15) is 13.2 Å². The van der Waals surface area contributed by atoms with Crippen molar-refractivity contribution in [3.63, 3.8) is 0 Å². The second-order valence-corrected chi connectivity index (χ2v) is 12.0. The molecule has 0 radical (unpaired) electrons. The maximum absolute atomic E-state index is 13.8. The van der Waals surface area contributed by atoms with Crippen molar-refractivity contribution >= 4 is 38.2 Å². The van der Waals surface area contributed by atoms with Gasteiger partial charge in [-0.15, -0.1) is 0 Å². The number of carbonyl (C=O) groups is 1. The molecular weight excluding hydrogens is 458 g/mol. The van der Waals surface area contributed by atoms with E-state index in [0.717, 1.165) is 49.9 Å². The average Bonchev–Trinajstić information content (AvgIpc) is 3.12. The Bertz CT molecular complexity index is 1330. The van der Waals surface area contributed by atoms with Crippen molar-refractivity contribution < 1.29 is 13.2 Å². The minimum Gasteiger partial charge on any atom is -0.349 e. The lowest BCUT2D eigenvalue weighted by atomic mass is 9.60. The number of benzene rings is 2. The van der Waals surface area contributed by atoms with E-state index < -0.39 is 9.84 Å². The normalized spacial score (nSPS) is 18.4. The van der Waals surface area contributed by atoms with Crippen molar-refractivity contribution in [2.75, 3.05) is 13.1 Å². The number of carbonyl (C=O) groups excluding carboxylic acids is 1. The molecule has 6 nitrogen and oxygen atoms in total. The molecule has 2 heterocycles. The summed E-state index contributed by atoms with van der Waals surface area (Å²) >= 11 is 6.21. The van der Waals surface area contributed by atoms with Crippen LogP contribution in [0.4, 0.5) is 0 Å². The zero-order chi connectivity index (χ0) is 23.4. The lowest BCUT2D eigenvalue weighted by Gasteiger charge is -2.50. The number of aromatic nitrogens is 1.